The molecule has 5 amide bonds. The van der Waals surface area contributed by atoms with E-state index >= 15 is 0 Å². The van der Waals surface area contributed by atoms with Gasteiger partial charge < -0.3 is 54.6 Å². The Kier molecular flexibility index (Phi) is 15.1. The molecule has 6 aromatic rings. The number of hydrogen-bond acceptors (Lipinski definition) is 13. The number of carbonyl (C=O) groups is 4. The lowest BCUT2D eigenvalue weighted by atomic mass is 9.87. The van der Waals surface area contributed by atoms with E-state index in [9.17, 15) is 24.0 Å². The molecule has 20 nitrogen and oxygen atoms in total. The van der Waals surface area contributed by atoms with Gasteiger partial charge in [0.1, 0.15) is 24.5 Å². The van der Waals surface area contributed by atoms with Gasteiger partial charge in [0.2, 0.25) is 17.8 Å². The molecular weight excluding hydrogens is 971 g/mol. The number of benzene rings is 3. The Balaban J connectivity index is 0.873. The third kappa shape index (κ3) is 11.2. The van der Waals surface area contributed by atoms with Gasteiger partial charge in [-0.3, -0.25) is 24.6 Å². The molecule has 6 heterocycles. The van der Waals surface area contributed by atoms with Crippen LogP contribution in [0.2, 0.25) is 0 Å². The van der Waals surface area contributed by atoms with Crippen LogP contribution in [0.3, 0.4) is 0 Å². The average Bonchev–Trinajstić information content (AvgIpc) is 4.12. The normalized spacial score (nSPS) is 17.9. The molecule has 76 heavy (non-hydrogen) atoms. The minimum absolute atomic E-state index is 0.0380. The van der Waals surface area contributed by atoms with Gasteiger partial charge in [0.05, 0.1) is 43.3 Å². The van der Waals surface area contributed by atoms with Gasteiger partial charge in [0.25, 0.3) is 5.56 Å². The highest BCUT2D eigenvalue weighted by Crippen LogP contribution is 2.44. The number of nitrogens with one attached hydrogen (secondary N) is 5. The number of amides is 5. The highest BCUT2D eigenvalue weighted by atomic mass is 16.6. The largest absolute Gasteiger partial charge is 0.495 e. The lowest BCUT2D eigenvalue weighted by Gasteiger charge is -2.45. The summed E-state index contributed by atoms with van der Waals surface area (Å²) < 4.78 is 20.6. The second kappa shape index (κ2) is 22.2. The zero-order valence-corrected chi connectivity index (χ0v) is 42.9. The van der Waals surface area contributed by atoms with Crippen molar-refractivity contribution in [2.24, 2.45) is 7.05 Å². The van der Waals surface area contributed by atoms with Crippen LogP contribution in [0, 0.1) is 11.8 Å². The summed E-state index contributed by atoms with van der Waals surface area (Å²) >= 11 is 0. The zero-order valence-electron chi connectivity index (χ0n) is 42.9. The minimum Gasteiger partial charge on any atom is -0.495 e. The van der Waals surface area contributed by atoms with Gasteiger partial charge >= 0.3 is 12.1 Å². The molecule has 20 heteroatoms. The zero-order chi connectivity index (χ0) is 53.0. The van der Waals surface area contributed by atoms with Crippen LogP contribution in [-0.2, 0) is 31.7 Å². The number of carbonyl (C=O) groups excluding carboxylic acids is 3. The maximum Gasteiger partial charge on any atom is 0.405 e. The monoisotopic (exact) mass is 1030 g/mol. The lowest BCUT2D eigenvalue weighted by Crippen LogP contribution is -2.55. The van der Waals surface area contributed by atoms with Crippen LogP contribution in [0.4, 0.5) is 21.2 Å². The molecule has 10 rings (SSSR count). The smallest absolute Gasteiger partial charge is 0.405 e. The highest BCUT2D eigenvalue weighted by Gasteiger charge is 2.45. The van der Waals surface area contributed by atoms with Gasteiger partial charge in [-0.2, -0.15) is 0 Å². The molecule has 1 unspecified atom stereocenters. The fourth-order valence-corrected chi connectivity index (χ4v) is 10.6. The van der Waals surface area contributed by atoms with Crippen LogP contribution in [-0.4, -0.2) is 137 Å². The minimum atomic E-state index is -1.30. The summed E-state index contributed by atoms with van der Waals surface area (Å²) in [4.78, 5) is 81.4. The summed E-state index contributed by atoms with van der Waals surface area (Å²) in [6.45, 7) is 5.73. The van der Waals surface area contributed by atoms with Crippen molar-refractivity contribution in [3.63, 3.8) is 0 Å². The molecule has 1 aliphatic carbocycles. The van der Waals surface area contributed by atoms with E-state index in [1.807, 2.05) is 66.9 Å². The predicted molar refractivity (Wildman–Crippen MR) is 286 cm³/mol. The van der Waals surface area contributed by atoms with Gasteiger partial charge in [-0.1, -0.05) is 48.2 Å². The van der Waals surface area contributed by atoms with Crippen LogP contribution in [0.1, 0.15) is 68.7 Å². The number of aromatic nitrogens is 4. The molecule has 1 atom stereocenters. The van der Waals surface area contributed by atoms with Crippen LogP contribution in [0.25, 0.3) is 32.9 Å². The number of fused-ring (bicyclic) bond motifs is 2. The van der Waals surface area contributed by atoms with Crippen molar-refractivity contribution >= 4 is 57.4 Å². The third-order valence-electron chi connectivity index (χ3n) is 15.0. The predicted octanol–water partition coefficient (Wildman–Crippen LogP) is 5.18. The molecule has 0 spiro atoms. The molecule has 0 radical (unpaired) electrons. The first kappa shape index (κ1) is 51.6. The van der Waals surface area contributed by atoms with E-state index in [4.69, 9.17) is 29.3 Å². The molecule has 1 saturated carbocycles. The molecule has 3 aliphatic heterocycles. The number of nitrogens with zero attached hydrogens (tertiary/aromatic N) is 6. The number of urea groups is 1. The Morgan fingerprint density at radius 2 is 1.71 bits per heavy atom. The SMILES string of the molecule is COc1ccc(C#CCNC2(C)CCN(C3CCN(c4nc(C(COCNC(=O)CNC(=O)O)(OC5CC5)c5ccccc5)c5cc(-c6cn(C)c(=O)c7[nH]ccc67)ccc5n4)CC3)CC2)cc1N1CCC(=O)NC1=O. The quantitative estimate of drug-likeness (QED) is 0.0393. The number of piperidine rings is 2. The number of rotatable bonds is 17. The Labute approximate surface area is 439 Å². The first-order chi connectivity index (χ1) is 36.8. The van der Waals surface area contributed by atoms with Crippen molar-refractivity contribution in [1.82, 2.24) is 45.7 Å². The summed E-state index contributed by atoms with van der Waals surface area (Å²) in [6.07, 6.45) is 7.92. The van der Waals surface area contributed by atoms with E-state index in [-0.39, 0.29) is 49.4 Å². The Hall–Kier alpha value is -7.83. The number of methoxy groups -OCH3 is 1. The van der Waals surface area contributed by atoms with Gasteiger partial charge in [-0.15, -0.1) is 0 Å². The first-order valence-corrected chi connectivity index (χ1v) is 25.9. The fraction of sp³-hybridized carbons (Fsp3) is 0.411. The maximum absolute atomic E-state index is 13.1. The van der Waals surface area contributed by atoms with E-state index < -0.39 is 30.2 Å². The van der Waals surface area contributed by atoms with Crippen LogP contribution in [0.5, 0.6) is 5.75 Å². The second-order valence-electron chi connectivity index (χ2n) is 20.2. The maximum atomic E-state index is 13.1. The molecule has 4 aliphatic rings. The number of hydrogen-bond donors (Lipinski definition) is 6. The highest BCUT2D eigenvalue weighted by molar-refractivity contribution is 6.06. The number of ether oxygens (including phenoxy) is 3. The summed E-state index contributed by atoms with van der Waals surface area (Å²) in [5.41, 5.74) is 4.16. The van der Waals surface area contributed by atoms with Crippen LogP contribution < -0.4 is 41.4 Å². The third-order valence-corrected chi connectivity index (χ3v) is 15.0. The van der Waals surface area contributed by atoms with Gasteiger partial charge in [0, 0.05) is 92.1 Å². The van der Waals surface area contributed by atoms with Crippen molar-refractivity contribution in [3.8, 4) is 28.7 Å². The molecule has 0 bridgehead atoms. The number of likely N-dealkylation sites (tertiary alicyclic amines) is 1. The molecule has 3 aromatic heterocycles. The van der Waals surface area contributed by atoms with Gasteiger partial charge in [0.15, 0.2) is 5.60 Å². The summed E-state index contributed by atoms with van der Waals surface area (Å²) in [7, 11) is 3.29. The lowest BCUT2D eigenvalue weighted by molar-refractivity contribution is -0.124. The molecule has 4 fully saturated rings. The molecule has 6 N–H and O–H groups in total. The van der Waals surface area contributed by atoms with Crippen molar-refractivity contribution in [2.75, 3.05) is 76.1 Å². The second-order valence-corrected chi connectivity index (χ2v) is 20.2. The number of aryl methyl sites for hydroxylation is 1. The fourth-order valence-electron chi connectivity index (χ4n) is 10.6. The summed E-state index contributed by atoms with van der Waals surface area (Å²) in [5, 5.41) is 21.4. The Bertz CT molecular complexity index is 3280. The van der Waals surface area contributed by atoms with Crippen LogP contribution >= 0.6 is 0 Å². The number of carboxylic acid groups (broad SMARTS) is 1. The number of aromatic amines is 1. The van der Waals surface area contributed by atoms with Crippen LogP contribution in [0.15, 0.2) is 90.0 Å². The number of H-pyrrole nitrogens is 1. The van der Waals surface area contributed by atoms with Gasteiger partial charge in [-0.05, 0) is 93.0 Å². The molecule has 396 valence electrons. The van der Waals surface area contributed by atoms with Crippen molar-refractivity contribution < 1.29 is 38.5 Å². The number of pyridine rings is 1. The van der Waals surface area contributed by atoms with E-state index in [2.05, 4.69) is 60.9 Å². The topological polar surface area (TPSA) is 238 Å². The van der Waals surface area contributed by atoms with Gasteiger partial charge in [-0.25, -0.2) is 19.6 Å². The molecule has 3 saturated heterocycles. The summed E-state index contributed by atoms with van der Waals surface area (Å²) in [5.74, 6) is 6.78. The average molecular weight is 1030 g/mol. The van der Waals surface area contributed by atoms with Crippen molar-refractivity contribution in [2.45, 2.75) is 75.2 Å². The molecule has 3 aromatic carbocycles. The van der Waals surface area contributed by atoms with E-state index in [0.717, 1.165) is 97.7 Å². The van der Waals surface area contributed by atoms with E-state index in [0.29, 0.717) is 46.7 Å². The standard InChI is InChI=1S/C56H63N11O9/c1-55(60-23-7-8-36-11-16-46(74-3)45(30-36)67-27-20-47(68)62-53(67)71)21-28-65(29-22-55)39-18-25-66(26-19-39)52-61-44-15-12-37(43-33-64(2)51(70)49-41(43)17-24-57-49)31-42(44)50(63-52)56(76-40-13-14-40,38-9-5-4-6-10-38)34-75-35-59-48(69)32-58-54(72)73/h4-6,9-12,15-17,24,30-31,33,39-40,57-58,60H,13-14,18-23,25-29,32,34-35H2,1-3H3,(H,59,69)(H,72,73)(H,62,68,71). The number of imide groups is 1. The first-order valence-electron chi connectivity index (χ1n) is 25.9. The summed E-state index contributed by atoms with van der Waals surface area (Å²) in [6, 6.07) is 23.2. The number of anilines is 2. The van der Waals surface area contributed by atoms with Crippen molar-refractivity contribution in [3.05, 3.63) is 112 Å². The van der Waals surface area contributed by atoms with E-state index in [1.54, 1.807) is 31.0 Å². The van der Waals surface area contributed by atoms with Crippen molar-refractivity contribution in [1.29, 1.82) is 0 Å². The van der Waals surface area contributed by atoms with E-state index in [1.165, 1.54) is 4.90 Å². The Morgan fingerprint density at radius 3 is 2.45 bits per heavy atom. The Morgan fingerprint density at radius 1 is 0.921 bits per heavy atom. The molecular formula is C56H63N11O9.